The summed E-state index contributed by atoms with van der Waals surface area (Å²) in [6, 6.07) is 28.4. The number of fused-ring (bicyclic) bond motifs is 2. The van der Waals surface area contributed by atoms with Gasteiger partial charge in [-0.2, -0.15) is 14.9 Å². The van der Waals surface area contributed by atoms with Crippen LogP contribution in [0.15, 0.2) is 89.9 Å². The quantitative estimate of drug-likeness (QED) is 0.0205. The lowest BCUT2D eigenvalue weighted by molar-refractivity contribution is 0.101. The number of thioether (sulfide) groups is 1. The van der Waals surface area contributed by atoms with E-state index in [1.54, 1.807) is 36.4 Å². The van der Waals surface area contributed by atoms with Crippen molar-refractivity contribution in [2.75, 3.05) is 116 Å². The van der Waals surface area contributed by atoms with Crippen LogP contribution >= 0.6 is 61.1 Å². The van der Waals surface area contributed by atoms with E-state index < -0.39 is 0 Å². The molecule has 0 bridgehead atoms. The maximum atomic E-state index is 13.1. The van der Waals surface area contributed by atoms with Gasteiger partial charge in [-0.15, -0.1) is 0 Å². The zero-order chi connectivity index (χ0) is 52.6. The van der Waals surface area contributed by atoms with Crippen LogP contribution in [0.4, 0.5) is 33.7 Å². The van der Waals surface area contributed by atoms with Crippen LogP contribution in [0.25, 0.3) is 0 Å². The van der Waals surface area contributed by atoms with Crippen LogP contribution in [0.5, 0.6) is 23.0 Å². The highest BCUT2D eigenvalue weighted by Gasteiger charge is 2.24. The molecule has 1 aromatic heterocycles. The van der Waals surface area contributed by atoms with E-state index >= 15 is 0 Å². The number of nitrogens with two attached hydrogens (primary N) is 2. The van der Waals surface area contributed by atoms with Gasteiger partial charge in [-0.25, -0.2) is 4.98 Å². The zero-order valence-corrected chi connectivity index (χ0v) is 49.1. The van der Waals surface area contributed by atoms with Crippen LogP contribution < -0.4 is 50.8 Å². The highest BCUT2D eigenvalue weighted by Crippen LogP contribution is 2.35. The minimum Gasteiger partial charge on any atom is -0.486 e. The number of ether oxygens (including phenoxy) is 4. The highest BCUT2D eigenvalue weighted by molar-refractivity contribution is 9.09. The first-order valence-corrected chi connectivity index (χ1v) is 28.6. The smallest absolute Gasteiger partial charge is 0.206 e. The van der Waals surface area contributed by atoms with Gasteiger partial charge in [-0.3, -0.25) is 19.4 Å². The SMILES string of the molecule is CCC(C)N1CCN(c2ccc(Nc3nc(N)c(C(=O)c4ccc5c(c4)OCCO5)s3)cc2)CC1.CCSC(N)=NC(=S)Nc1ccc(N2CCN(C(C)CC)CC2)cc1.O=C(CBr)c1ccc2c(c1)OCCO2.P. The molecule has 4 aliphatic rings. The molecule has 9 rings (SSSR count). The number of nitrogen functional groups attached to an aromatic ring is 1. The number of Topliss-reactive ketones (excluding diaryl/α,β-unsaturated/α-hetero) is 1. The second kappa shape index (κ2) is 29.3. The fourth-order valence-electron chi connectivity index (χ4n) is 8.58. The second-order valence-corrected chi connectivity index (χ2v) is 21.2. The Morgan fingerprint density at radius 1 is 0.720 bits per heavy atom. The van der Waals surface area contributed by atoms with Crippen LogP contribution in [-0.2, 0) is 0 Å². The summed E-state index contributed by atoms with van der Waals surface area (Å²) in [5.41, 5.74) is 17.3. The number of hydrogen-bond donors (Lipinski definition) is 4. The molecule has 0 saturated carbocycles. The number of ketones is 2. The monoisotopic (exact) mass is 1160 g/mol. The van der Waals surface area contributed by atoms with Crippen molar-refractivity contribution >= 4 is 117 Å². The van der Waals surface area contributed by atoms with Crippen LogP contribution in [0.2, 0.25) is 0 Å². The number of piperazine rings is 2. The van der Waals surface area contributed by atoms with E-state index in [9.17, 15) is 9.59 Å². The number of benzene rings is 4. The minimum absolute atomic E-state index is 0. The fraction of sp³-hybridized carbons (Fsp3) is 0.426. The van der Waals surface area contributed by atoms with Crippen molar-refractivity contribution in [3.8, 4) is 23.0 Å². The molecule has 404 valence electrons. The first kappa shape index (κ1) is 59.0. The molecule has 0 radical (unpaired) electrons. The third-order valence-electron chi connectivity index (χ3n) is 13.2. The highest BCUT2D eigenvalue weighted by atomic mass is 79.9. The Kier molecular flexibility index (Phi) is 23.1. The molecule has 2 fully saturated rings. The first-order chi connectivity index (χ1) is 35.8. The number of nitrogens with one attached hydrogen (secondary N) is 2. The maximum absolute atomic E-state index is 13.1. The summed E-state index contributed by atoms with van der Waals surface area (Å²) in [5, 5.41) is 8.20. The molecule has 4 aromatic carbocycles. The van der Waals surface area contributed by atoms with Gasteiger partial charge in [0.05, 0.1) is 5.33 Å². The summed E-state index contributed by atoms with van der Waals surface area (Å²) >= 11 is 11.1. The van der Waals surface area contributed by atoms with E-state index in [0.717, 1.165) is 69.5 Å². The van der Waals surface area contributed by atoms with Crippen molar-refractivity contribution in [3.63, 3.8) is 0 Å². The molecule has 4 aliphatic heterocycles. The standard InChI is InChI=1S/C26H31N5O3S.C18H29N5S2.C10H9BrO3.H3P/c1-3-17(2)30-10-12-31(13-11-30)20-7-5-19(6-8-20)28-26-29-25(27)24(35-26)23(32)18-4-9-21-22(16-18)34-15-14-33-21;1-4-14(3)22-10-12-23(13-11-22)16-8-6-15(7-9-16)20-18(24)21-17(19)25-5-2;11-6-8(12)7-1-2-9-10(5-7)14-4-3-13-9;/h4-9,16-17H,3,10-15,27H2,1-2H3,(H,28,29);6-9,14H,4-5,10-13H2,1-3H3,(H3,19,20,21,24);1-2,5H,3-4,6H2;1H3. The average Bonchev–Trinajstić information content (AvgIpc) is 3.81. The number of anilines is 6. The van der Waals surface area contributed by atoms with Gasteiger partial charge in [-0.05, 0) is 130 Å². The van der Waals surface area contributed by atoms with E-state index in [2.05, 4.69) is 108 Å². The van der Waals surface area contributed by atoms with Crippen molar-refractivity contribution in [1.82, 2.24) is 14.8 Å². The number of alkyl halides is 1. The molecular formula is C54H72BrN10O6PS3. The lowest BCUT2D eigenvalue weighted by Gasteiger charge is -2.39. The van der Waals surface area contributed by atoms with E-state index in [0.29, 0.717) is 98.3 Å². The van der Waals surface area contributed by atoms with Crippen LogP contribution in [-0.4, -0.2) is 139 Å². The normalized spacial score (nSPS) is 16.2. The number of thiocarbonyl (C=S) groups is 1. The zero-order valence-electron chi connectivity index (χ0n) is 43.6. The van der Waals surface area contributed by atoms with Gasteiger partial charge in [0.25, 0.3) is 0 Å². The number of halogens is 1. The number of rotatable bonds is 14. The van der Waals surface area contributed by atoms with Gasteiger partial charge in [0, 0.05) is 98.3 Å². The summed E-state index contributed by atoms with van der Waals surface area (Å²) < 4.78 is 21.8. The number of aliphatic imine (C=N–C) groups is 1. The van der Waals surface area contributed by atoms with Gasteiger partial charge in [0.1, 0.15) is 37.1 Å². The van der Waals surface area contributed by atoms with Crippen LogP contribution in [0.1, 0.15) is 73.1 Å². The molecule has 5 aromatic rings. The number of hydrogen-bond acceptors (Lipinski definition) is 16. The number of nitrogens with zero attached hydrogens (tertiary/aromatic N) is 6. The van der Waals surface area contributed by atoms with E-state index in [1.807, 2.05) is 31.2 Å². The second-order valence-electron chi connectivity index (χ2n) is 17.9. The molecule has 0 spiro atoms. The molecular weight excluding hydrogens is 1090 g/mol. The lowest BCUT2D eigenvalue weighted by atomic mass is 10.1. The first-order valence-electron chi connectivity index (χ1n) is 25.3. The third kappa shape index (κ3) is 16.6. The number of aromatic nitrogens is 1. The van der Waals surface area contributed by atoms with Gasteiger partial charge < -0.3 is 50.8 Å². The predicted molar refractivity (Wildman–Crippen MR) is 323 cm³/mol. The Morgan fingerprint density at radius 2 is 1.19 bits per heavy atom. The summed E-state index contributed by atoms with van der Waals surface area (Å²) in [6.45, 7) is 21.9. The lowest BCUT2D eigenvalue weighted by Crippen LogP contribution is -2.49. The van der Waals surface area contributed by atoms with Gasteiger partial charge in [0.2, 0.25) is 5.78 Å². The average molecular weight is 1160 g/mol. The molecule has 5 heterocycles. The number of carbonyl (C=O) groups is 2. The third-order valence-corrected chi connectivity index (χ3v) is 15.5. The molecule has 0 amide bonds. The Hall–Kier alpha value is -5.21. The molecule has 3 atom stereocenters. The summed E-state index contributed by atoms with van der Waals surface area (Å²) in [6.07, 6.45) is 2.40. The maximum Gasteiger partial charge on any atom is 0.206 e. The largest absolute Gasteiger partial charge is 0.486 e. The molecule has 3 unspecified atom stereocenters. The van der Waals surface area contributed by atoms with Crippen molar-refractivity contribution in [3.05, 3.63) is 101 Å². The van der Waals surface area contributed by atoms with Crippen molar-refractivity contribution in [2.45, 2.75) is 59.5 Å². The van der Waals surface area contributed by atoms with Crippen LogP contribution in [0, 0.1) is 0 Å². The molecule has 75 heavy (non-hydrogen) atoms. The van der Waals surface area contributed by atoms with Crippen molar-refractivity contribution in [2.24, 2.45) is 10.7 Å². The van der Waals surface area contributed by atoms with Gasteiger partial charge in [-0.1, -0.05) is 59.8 Å². The summed E-state index contributed by atoms with van der Waals surface area (Å²) in [4.78, 5) is 43.4. The summed E-state index contributed by atoms with van der Waals surface area (Å²) in [5.74, 6) is 3.55. The molecule has 21 heteroatoms. The van der Waals surface area contributed by atoms with E-state index in [-0.39, 0.29) is 27.3 Å². The Bertz CT molecular complexity index is 2690. The predicted octanol–water partition coefficient (Wildman–Crippen LogP) is 9.86. The number of amidine groups is 1. The van der Waals surface area contributed by atoms with E-state index in [1.165, 1.54) is 47.3 Å². The Morgan fingerprint density at radius 3 is 1.67 bits per heavy atom. The topological polar surface area (TPSA) is 185 Å². The van der Waals surface area contributed by atoms with Crippen molar-refractivity contribution < 1.29 is 28.5 Å². The molecule has 6 N–H and O–H groups in total. The van der Waals surface area contributed by atoms with Gasteiger partial charge >= 0.3 is 0 Å². The fourth-order valence-corrected chi connectivity index (χ4v) is 10.5. The Balaban J connectivity index is 0.000000199. The van der Waals surface area contributed by atoms with Gasteiger partial charge in [0.15, 0.2) is 44.2 Å². The Labute approximate surface area is 467 Å². The molecule has 16 nitrogen and oxygen atoms in total. The van der Waals surface area contributed by atoms with Crippen molar-refractivity contribution in [1.29, 1.82) is 0 Å². The molecule has 0 aliphatic carbocycles. The summed E-state index contributed by atoms with van der Waals surface area (Å²) in [7, 11) is 0. The van der Waals surface area contributed by atoms with Crippen LogP contribution in [0.3, 0.4) is 0 Å². The van der Waals surface area contributed by atoms with E-state index in [4.69, 9.17) is 42.6 Å². The minimum atomic E-state index is -0.183. The number of carbonyl (C=O) groups excluding carboxylic acids is 2. The molecule has 2 saturated heterocycles. The number of thiazole rings is 1.